The van der Waals surface area contributed by atoms with Crippen LogP contribution in [0.15, 0.2) is 72.8 Å². The Kier molecular flexibility index (Phi) is 7.99. The third-order valence-electron chi connectivity index (χ3n) is 3.94. The number of nitrogens with zero attached hydrogens (tertiary/aromatic N) is 1. The van der Waals surface area contributed by atoms with Gasteiger partial charge in [0.15, 0.2) is 0 Å². The molecule has 3 rings (SSSR count). The Morgan fingerprint density at radius 1 is 0.857 bits per heavy atom. The molecule has 146 valence electrons. The van der Waals surface area contributed by atoms with Crippen LogP contribution in [0.2, 0.25) is 0 Å². The molecule has 0 aliphatic rings. The monoisotopic (exact) mass is 381 g/mol. The molecule has 6 nitrogen and oxygen atoms in total. The van der Waals surface area contributed by atoms with Crippen molar-refractivity contribution in [3.8, 4) is 5.75 Å². The quantitative estimate of drug-likeness (QED) is 0.636. The SMILES string of the molecule is CN(CCOc1ccc2ccccc2c1)Cc1ccccc1.O=C(O)C(=O)O. The van der Waals surface area contributed by atoms with Crippen molar-refractivity contribution in [1.29, 1.82) is 0 Å². The molecular formula is C22H23NO5. The lowest BCUT2D eigenvalue weighted by Gasteiger charge is -2.17. The minimum absolute atomic E-state index is 0.696. The molecule has 0 atom stereocenters. The summed E-state index contributed by atoms with van der Waals surface area (Å²) in [5, 5.41) is 17.2. The van der Waals surface area contributed by atoms with Crippen LogP contribution in [-0.4, -0.2) is 47.3 Å². The van der Waals surface area contributed by atoms with E-state index in [1.54, 1.807) is 0 Å². The zero-order valence-electron chi connectivity index (χ0n) is 15.6. The van der Waals surface area contributed by atoms with Crippen molar-refractivity contribution in [3.05, 3.63) is 78.4 Å². The van der Waals surface area contributed by atoms with E-state index in [1.807, 2.05) is 12.1 Å². The normalized spacial score (nSPS) is 10.2. The molecule has 2 N–H and O–H groups in total. The minimum atomic E-state index is -1.82. The van der Waals surface area contributed by atoms with Gasteiger partial charge in [0.2, 0.25) is 0 Å². The third kappa shape index (κ3) is 7.09. The van der Waals surface area contributed by atoms with E-state index in [0.29, 0.717) is 6.61 Å². The summed E-state index contributed by atoms with van der Waals surface area (Å²) in [6.45, 7) is 2.55. The zero-order chi connectivity index (χ0) is 20.4. The van der Waals surface area contributed by atoms with Crippen molar-refractivity contribution < 1.29 is 24.5 Å². The molecule has 0 radical (unpaired) electrons. The zero-order valence-corrected chi connectivity index (χ0v) is 15.6. The van der Waals surface area contributed by atoms with Gasteiger partial charge >= 0.3 is 11.9 Å². The number of hydrogen-bond acceptors (Lipinski definition) is 4. The van der Waals surface area contributed by atoms with Crippen LogP contribution in [0.25, 0.3) is 10.8 Å². The number of ether oxygens (including phenoxy) is 1. The average molecular weight is 381 g/mol. The number of carbonyl (C=O) groups is 2. The first-order valence-electron chi connectivity index (χ1n) is 8.76. The van der Waals surface area contributed by atoms with Crippen LogP contribution in [0.3, 0.4) is 0 Å². The average Bonchev–Trinajstić information content (AvgIpc) is 2.69. The molecule has 0 unspecified atom stereocenters. The fourth-order valence-corrected chi connectivity index (χ4v) is 2.55. The number of fused-ring (bicyclic) bond motifs is 1. The number of carboxylic acids is 2. The highest BCUT2D eigenvalue weighted by molar-refractivity contribution is 6.27. The van der Waals surface area contributed by atoms with Gasteiger partial charge < -0.3 is 14.9 Å². The Labute approximate surface area is 163 Å². The second kappa shape index (κ2) is 10.7. The van der Waals surface area contributed by atoms with Crippen LogP contribution in [0, 0.1) is 0 Å². The summed E-state index contributed by atoms with van der Waals surface area (Å²) in [5.41, 5.74) is 1.33. The van der Waals surface area contributed by atoms with Gasteiger partial charge in [0.05, 0.1) is 0 Å². The van der Waals surface area contributed by atoms with Gasteiger partial charge in [-0.05, 0) is 35.5 Å². The lowest BCUT2D eigenvalue weighted by atomic mass is 10.1. The molecule has 0 aromatic heterocycles. The minimum Gasteiger partial charge on any atom is -0.492 e. The van der Waals surface area contributed by atoms with Gasteiger partial charge in [-0.3, -0.25) is 4.90 Å². The maximum Gasteiger partial charge on any atom is 0.414 e. The molecule has 28 heavy (non-hydrogen) atoms. The Bertz CT molecular complexity index is 899. The van der Waals surface area contributed by atoms with E-state index < -0.39 is 11.9 Å². The topological polar surface area (TPSA) is 87.1 Å². The van der Waals surface area contributed by atoms with E-state index in [-0.39, 0.29) is 0 Å². The lowest BCUT2D eigenvalue weighted by Crippen LogP contribution is -2.23. The number of benzene rings is 3. The number of carboxylic acid groups (broad SMARTS) is 2. The highest BCUT2D eigenvalue weighted by Crippen LogP contribution is 2.20. The summed E-state index contributed by atoms with van der Waals surface area (Å²) in [5.74, 6) is -2.71. The van der Waals surface area contributed by atoms with E-state index >= 15 is 0 Å². The summed E-state index contributed by atoms with van der Waals surface area (Å²) in [4.78, 5) is 20.5. The molecule has 0 aliphatic heterocycles. The molecule has 0 bridgehead atoms. The molecule has 6 heteroatoms. The number of hydrogen-bond donors (Lipinski definition) is 2. The first-order chi connectivity index (χ1) is 13.5. The second-order valence-corrected chi connectivity index (χ2v) is 6.19. The molecule has 0 heterocycles. The van der Waals surface area contributed by atoms with Crippen molar-refractivity contribution in [2.75, 3.05) is 20.2 Å². The summed E-state index contributed by atoms with van der Waals surface area (Å²) in [6.07, 6.45) is 0. The maximum absolute atomic E-state index is 9.10. The first kappa shape index (κ1) is 20.9. The van der Waals surface area contributed by atoms with Crippen LogP contribution < -0.4 is 4.74 Å². The highest BCUT2D eigenvalue weighted by atomic mass is 16.5. The Morgan fingerprint density at radius 2 is 1.46 bits per heavy atom. The van der Waals surface area contributed by atoms with Crippen molar-refractivity contribution in [2.45, 2.75) is 6.54 Å². The molecular weight excluding hydrogens is 358 g/mol. The van der Waals surface area contributed by atoms with Gasteiger partial charge in [0.1, 0.15) is 12.4 Å². The molecule has 0 saturated carbocycles. The Hall–Kier alpha value is -3.38. The van der Waals surface area contributed by atoms with E-state index in [9.17, 15) is 0 Å². The van der Waals surface area contributed by atoms with Gasteiger partial charge in [0, 0.05) is 13.1 Å². The summed E-state index contributed by atoms with van der Waals surface area (Å²) in [6, 6.07) is 25.1. The van der Waals surface area contributed by atoms with Crippen LogP contribution in [0.5, 0.6) is 5.75 Å². The number of aliphatic carboxylic acids is 2. The van der Waals surface area contributed by atoms with Gasteiger partial charge in [0.25, 0.3) is 0 Å². The fourth-order valence-electron chi connectivity index (χ4n) is 2.55. The van der Waals surface area contributed by atoms with Crippen molar-refractivity contribution in [2.24, 2.45) is 0 Å². The van der Waals surface area contributed by atoms with Crippen LogP contribution in [0.4, 0.5) is 0 Å². The molecule has 0 saturated heterocycles. The van der Waals surface area contributed by atoms with E-state index in [2.05, 4.69) is 72.6 Å². The van der Waals surface area contributed by atoms with Crippen molar-refractivity contribution in [3.63, 3.8) is 0 Å². The van der Waals surface area contributed by atoms with E-state index in [1.165, 1.54) is 16.3 Å². The van der Waals surface area contributed by atoms with Crippen molar-refractivity contribution in [1.82, 2.24) is 4.90 Å². The lowest BCUT2D eigenvalue weighted by molar-refractivity contribution is -0.159. The third-order valence-corrected chi connectivity index (χ3v) is 3.94. The van der Waals surface area contributed by atoms with E-state index in [0.717, 1.165) is 18.8 Å². The van der Waals surface area contributed by atoms with Crippen LogP contribution in [-0.2, 0) is 16.1 Å². The van der Waals surface area contributed by atoms with Gasteiger partial charge in [-0.2, -0.15) is 0 Å². The van der Waals surface area contributed by atoms with Gasteiger partial charge in [-0.1, -0.05) is 60.7 Å². The molecule has 0 fully saturated rings. The Morgan fingerprint density at radius 3 is 2.11 bits per heavy atom. The molecule has 3 aromatic rings. The van der Waals surface area contributed by atoms with Crippen LogP contribution >= 0.6 is 0 Å². The molecule has 0 amide bonds. The second-order valence-electron chi connectivity index (χ2n) is 6.19. The van der Waals surface area contributed by atoms with Crippen LogP contribution in [0.1, 0.15) is 5.56 Å². The smallest absolute Gasteiger partial charge is 0.414 e. The van der Waals surface area contributed by atoms with Gasteiger partial charge in [-0.25, -0.2) is 9.59 Å². The first-order valence-corrected chi connectivity index (χ1v) is 8.76. The fraction of sp³-hybridized carbons (Fsp3) is 0.182. The largest absolute Gasteiger partial charge is 0.492 e. The predicted octanol–water partition coefficient (Wildman–Crippen LogP) is 3.51. The Balaban J connectivity index is 0.000000409. The molecule has 0 aliphatic carbocycles. The summed E-state index contributed by atoms with van der Waals surface area (Å²) < 4.78 is 5.88. The molecule has 3 aromatic carbocycles. The number of rotatable bonds is 6. The molecule has 0 spiro atoms. The summed E-state index contributed by atoms with van der Waals surface area (Å²) in [7, 11) is 2.12. The van der Waals surface area contributed by atoms with E-state index in [4.69, 9.17) is 24.5 Å². The number of likely N-dealkylation sites (N-methyl/N-ethyl adjacent to an activating group) is 1. The van der Waals surface area contributed by atoms with Gasteiger partial charge in [-0.15, -0.1) is 0 Å². The predicted molar refractivity (Wildman–Crippen MR) is 107 cm³/mol. The van der Waals surface area contributed by atoms with Crippen molar-refractivity contribution >= 4 is 22.7 Å². The standard InChI is InChI=1S/C20H21NO.C2H2O4/c1-21(16-17-7-3-2-4-8-17)13-14-22-20-12-11-18-9-5-6-10-19(18)15-20;3-1(4)2(5)6/h2-12,15H,13-14,16H2,1H3;(H,3,4)(H,5,6). The summed E-state index contributed by atoms with van der Waals surface area (Å²) >= 11 is 0. The highest BCUT2D eigenvalue weighted by Gasteiger charge is 2.04. The maximum atomic E-state index is 9.10.